The van der Waals surface area contributed by atoms with Crippen LogP contribution in [0.4, 0.5) is 11.4 Å². The highest BCUT2D eigenvalue weighted by molar-refractivity contribution is 5.91. The molecule has 1 saturated heterocycles. The summed E-state index contributed by atoms with van der Waals surface area (Å²) in [6.07, 6.45) is 6.55. The average Bonchev–Trinajstić information content (AvgIpc) is 2.72. The van der Waals surface area contributed by atoms with Gasteiger partial charge < -0.3 is 15.5 Å². The molecular weight excluding hydrogens is 334 g/mol. The third-order valence-corrected chi connectivity index (χ3v) is 5.06. The van der Waals surface area contributed by atoms with Crippen molar-refractivity contribution in [2.45, 2.75) is 38.5 Å². The van der Waals surface area contributed by atoms with Crippen LogP contribution in [0.15, 0.2) is 54.6 Å². The van der Waals surface area contributed by atoms with E-state index >= 15 is 0 Å². The molecule has 0 spiro atoms. The number of rotatable bonds is 9. The molecule has 1 aliphatic heterocycles. The number of hydrogen-bond donors (Lipinski definition) is 2. The fourth-order valence-electron chi connectivity index (χ4n) is 3.52. The van der Waals surface area contributed by atoms with E-state index in [9.17, 15) is 4.79 Å². The molecule has 0 saturated carbocycles. The van der Waals surface area contributed by atoms with Crippen molar-refractivity contribution in [1.82, 2.24) is 5.32 Å². The molecule has 0 aliphatic carbocycles. The first-order valence-corrected chi connectivity index (χ1v) is 10.2. The normalized spacial score (nSPS) is 14.1. The predicted molar refractivity (Wildman–Crippen MR) is 113 cm³/mol. The van der Waals surface area contributed by atoms with Crippen LogP contribution < -0.4 is 15.5 Å². The molecule has 1 aliphatic rings. The summed E-state index contributed by atoms with van der Waals surface area (Å²) in [5, 5.41) is 6.35. The minimum absolute atomic E-state index is 0.0660. The Morgan fingerprint density at radius 3 is 2.37 bits per heavy atom. The van der Waals surface area contributed by atoms with Crippen LogP contribution in [0.3, 0.4) is 0 Å². The van der Waals surface area contributed by atoms with Crippen molar-refractivity contribution in [3.05, 3.63) is 60.2 Å². The number of hydrogen-bond acceptors (Lipinski definition) is 3. The van der Waals surface area contributed by atoms with Crippen molar-refractivity contribution < 1.29 is 4.79 Å². The Morgan fingerprint density at radius 2 is 1.63 bits per heavy atom. The maximum atomic E-state index is 12.1. The molecule has 0 atom stereocenters. The van der Waals surface area contributed by atoms with Gasteiger partial charge >= 0.3 is 0 Å². The fraction of sp³-hybridized carbons (Fsp3) is 0.435. The molecule has 0 unspecified atom stereocenters. The third kappa shape index (κ3) is 6.72. The van der Waals surface area contributed by atoms with E-state index < -0.39 is 0 Å². The molecule has 2 N–H and O–H groups in total. The number of nitrogens with zero attached hydrogens (tertiary/aromatic N) is 1. The topological polar surface area (TPSA) is 44.4 Å². The lowest BCUT2D eigenvalue weighted by molar-refractivity contribution is -0.116. The molecule has 0 aromatic heterocycles. The number of nitrogens with one attached hydrogen (secondary N) is 2. The van der Waals surface area contributed by atoms with E-state index in [-0.39, 0.29) is 5.91 Å². The number of anilines is 2. The summed E-state index contributed by atoms with van der Waals surface area (Å²) in [4.78, 5) is 14.5. The average molecular weight is 366 g/mol. The van der Waals surface area contributed by atoms with Crippen LogP contribution in [0.2, 0.25) is 0 Å². The lowest BCUT2D eigenvalue weighted by Crippen LogP contribution is -2.29. The van der Waals surface area contributed by atoms with E-state index in [4.69, 9.17) is 0 Å². The number of amides is 1. The van der Waals surface area contributed by atoms with E-state index in [1.807, 2.05) is 18.2 Å². The van der Waals surface area contributed by atoms with Gasteiger partial charge in [-0.1, -0.05) is 30.3 Å². The zero-order valence-corrected chi connectivity index (χ0v) is 16.1. The molecule has 144 valence electrons. The van der Waals surface area contributed by atoms with Crippen LogP contribution in [0.1, 0.15) is 37.7 Å². The minimum Gasteiger partial charge on any atom is -0.372 e. The molecule has 2 aromatic carbocycles. The van der Waals surface area contributed by atoms with Crippen molar-refractivity contribution in [2.24, 2.45) is 0 Å². The minimum atomic E-state index is 0.0660. The maximum absolute atomic E-state index is 12.1. The van der Waals surface area contributed by atoms with Crippen molar-refractivity contribution in [2.75, 3.05) is 36.4 Å². The van der Waals surface area contributed by atoms with Crippen LogP contribution in [0, 0.1) is 0 Å². The monoisotopic (exact) mass is 365 g/mol. The van der Waals surface area contributed by atoms with Gasteiger partial charge in [0.15, 0.2) is 0 Å². The molecule has 1 amide bonds. The highest BCUT2D eigenvalue weighted by atomic mass is 16.1. The maximum Gasteiger partial charge on any atom is 0.225 e. The fourth-order valence-corrected chi connectivity index (χ4v) is 3.52. The Balaban J connectivity index is 1.29. The van der Waals surface area contributed by atoms with Crippen molar-refractivity contribution in [1.29, 1.82) is 0 Å². The second-order valence-corrected chi connectivity index (χ2v) is 7.23. The van der Waals surface area contributed by atoms with Crippen LogP contribution in [0.5, 0.6) is 0 Å². The molecule has 4 nitrogen and oxygen atoms in total. The summed E-state index contributed by atoms with van der Waals surface area (Å²) in [6.45, 7) is 3.93. The second kappa shape index (κ2) is 10.7. The lowest BCUT2D eigenvalue weighted by atomic mass is 10.1. The van der Waals surface area contributed by atoms with E-state index in [0.29, 0.717) is 13.0 Å². The van der Waals surface area contributed by atoms with Gasteiger partial charge in [-0.05, 0) is 68.5 Å². The SMILES string of the molecule is O=C(CCNCCCc1ccccc1)Nc1ccc(N2CCCCC2)cc1. The quantitative estimate of drug-likeness (QED) is 0.654. The zero-order valence-electron chi connectivity index (χ0n) is 16.1. The highest BCUT2D eigenvalue weighted by Gasteiger charge is 2.10. The second-order valence-electron chi connectivity index (χ2n) is 7.23. The van der Waals surface area contributed by atoms with Crippen LogP contribution >= 0.6 is 0 Å². The molecule has 1 heterocycles. The van der Waals surface area contributed by atoms with Gasteiger partial charge in [-0.15, -0.1) is 0 Å². The van der Waals surface area contributed by atoms with E-state index in [0.717, 1.165) is 38.2 Å². The van der Waals surface area contributed by atoms with Crippen molar-refractivity contribution in [3.8, 4) is 0 Å². The largest absolute Gasteiger partial charge is 0.372 e. The lowest BCUT2D eigenvalue weighted by Gasteiger charge is -2.28. The van der Waals surface area contributed by atoms with E-state index in [1.165, 1.54) is 30.5 Å². The Bertz CT molecular complexity index is 679. The third-order valence-electron chi connectivity index (χ3n) is 5.06. The summed E-state index contributed by atoms with van der Waals surface area (Å²) in [5.74, 6) is 0.0660. The van der Waals surface area contributed by atoms with Gasteiger partial charge in [0.25, 0.3) is 0 Å². The number of piperidine rings is 1. The van der Waals surface area contributed by atoms with Gasteiger partial charge in [-0.2, -0.15) is 0 Å². The summed E-state index contributed by atoms with van der Waals surface area (Å²) in [7, 11) is 0. The summed E-state index contributed by atoms with van der Waals surface area (Å²) < 4.78 is 0. The molecule has 3 rings (SSSR count). The van der Waals surface area contributed by atoms with Crippen LogP contribution in [0.25, 0.3) is 0 Å². The smallest absolute Gasteiger partial charge is 0.225 e. The van der Waals surface area contributed by atoms with E-state index in [1.54, 1.807) is 0 Å². The zero-order chi connectivity index (χ0) is 18.7. The first-order chi connectivity index (χ1) is 13.3. The van der Waals surface area contributed by atoms with E-state index in [2.05, 4.69) is 51.9 Å². The molecule has 2 aromatic rings. The Kier molecular flexibility index (Phi) is 7.72. The Hall–Kier alpha value is -2.33. The summed E-state index contributed by atoms with van der Waals surface area (Å²) in [5.41, 5.74) is 3.50. The number of benzene rings is 2. The van der Waals surface area contributed by atoms with Gasteiger partial charge in [0.05, 0.1) is 0 Å². The summed E-state index contributed by atoms with van der Waals surface area (Å²) >= 11 is 0. The van der Waals surface area contributed by atoms with Gasteiger partial charge in [-0.3, -0.25) is 4.79 Å². The molecule has 0 bridgehead atoms. The van der Waals surface area contributed by atoms with Crippen molar-refractivity contribution >= 4 is 17.3 Å². The number of aryl methyl sites for hydroxylation is 1. The van der Waals surface area contributed by atoms with Gasteiger partial charge in [0.2, 0.25) is 5.91 Å². The molecule has 1 fully saturated rings. The predicted octanol–water partition coefficient (Wildman–Crippen LogP) is 4.23. The molecule has 4 heteroatoms. The Morgan fingerprint density at radius 1 is 0.889 bits per heavy atom. The number of carbonyl (C=O) groups is 1. The van der Waals surface area contributed by atoms with Crippen LogP contribution in [-0.4, -0.2) is 32.1 Å². The first kappa shape index (κ1) is 19.4. The van der Waals surface area contributed by atoms with Gasteiger partial charge in [0, 0.05) is 37.4 Å². The Labute approximate surface area is 163 Å². The van der Waals surface area contributed by atoms with Gasteiger partial charge in [-0.25, -0.2) is 0 Å². The molecular formula is C23H31N3O. The number of carbonyl (C=O) groups excluding carboxylic acids is 1. The molecule has 0 radical (unpaired) electrons. The molecule has 27 heavy (non-hydrogen) atoms. The van der Waals surface area contributed by atoms with Crippen molar-refractivity contribution in [3.63, 3.8) is 0 Å². The van der Waals surface area contributed by atoms with Crippen LogP contribution in [-0.2, 0) is 11.2 Å². The first-order valence-electron chi connectivity index (χ1n) is 10.2. The summed E-state index contributed by atoms with van der Waals surface area (Å²) in [6, 6.07) is 18.8. The standard InChI is InChI=1S/C23H31N3O/c27-23(15-17-24-16-7-10-20-8-3-1-4-9-20)25-21-11-13-22(14-12-21)26-18-5-2-6-19-26/h1,3-4,8-9,11-14,24H,2,5-7,10,15-19H2,(H,25,27). The van der Waals surface area contributed by atoms with Gasteiger partial charge in [0.1, 0.15) is 0 Å². The highest BCUT2D eigenvalue weighted by Crippen LogP contribution is 2.21.